The lowest BCUT2D eigenvalue weighted by atomic mass is 10.3. The minimum Gasteiger partial charge on any atom is -0.476 e. The van der Waals surface area contributed by atoms with Crippen LogP contribution in [0.1, 0.15) is 26.0 Å². The van der Waals surface area contributed by atoms with Gasteiger partial charge in [-0.05, 0) is 6.07 Å². The first-order valence-electron chi connectivity index (χ1n) is 5.47. The minimum atomic E-state index is -1.11. The Morgan fingerprint density at radius 1 is 1.40 bits per heavy atom. The van der Waals surface area contributed by atoms with Crippen molar-refractivity contribution in [2.75, 3.05) is 0 Å². The summed E-state index contributed by atoms with van der Waals surface area (Å²) in [4.78, 5) is 37.4. The molecule has 2 aromatic rings. The van der Waals surface area contributed by atoms with Gasteiger partial charge < -0.3 is 10.4 Å². The zero-order valence-electron chi connectivity index (χ0n) is 10.4. The molecule has 2 heterocycles. The van der Waals surface area contributed by atoms with Crippen molar-refractivity contribution in [2.24, 2.45) is 7.05 Å². The molecular weight excluding hydrogens is 284 g/mol. The van der Waals surface area contributed by atoms with Crippen LogP contribution < -0.4 is 10.9 Å². The highest BCUT2D eigenvalue weighted by molar-refractivity contribution is 7.09. The zero-order chi connectivity index (χ0) is 14.7. The van der Waals surface area contributed by atoms with E-state index in [0.29, 0.717) is 5.01 Å². The van der Waals surface area contributed by atoms with Gasteiger partial charge in [0, 0.05) is 18.5 Å². The van der Waals surface area contributed by atoms with Gasteiger partial charge >= 0.3 is 5.97 Å². The molecule has 20 heavy (non-hydrogen) atoms. The second kappa shape index (κ2) is 5.61. The molecule has 0 fully saturated rings. The number of carbonyl (C=O) groups excluding carboxylic acids is 1. The predicted octanol–water partition coefficient (Wildman–Crippen LogP) is -0.135. The highest BCUT2D eigenvalue weighted by Crippen LogP contribution is 2.09. The predicted molar refractivity (Wildman–Crippen MR) is 69.7 cm³/mol. The molecule has 104 valence electrons. The van der Waals surface area contributed by atoms with Crippen LogP contribution in [0, 0.1) is 0 Å². The number of hydrogen-bond acceptors (Lipinski definition) is 6. The van der Waals surface area contributed by atoms with Gasteiger partial charge in [-0.1, -0.05) is 0 Å². The molecule has 8 nitrogen and oxygen atoms in total. The van der Waals surface area contributed by atoms with Gasteiger partial charge in [0.25, 0.3) is 11.5 Å². The number of nitrogens with zero attached hydrogens (tertiary/aromatic N) is 3. The van der Waals surface area contributed by atoms with E-state index in [1.165, 1.54) is 24.6 Å². The Labute approximate surface area is 116 Å². The van der Waals surface area contributed by atoms with E-state index in [2.05, 4.69) is 15.4 Å². The fraction of sp³-hybridized carbons (Fsp3) is 0.182. The molecule has 0 bridgehead atoms. The summed E-state index contributed by atoms with van der Waals surface area (Å²) in [5.74, 6) is -1.58. The van der Waals surface area contributed by atoms with E-state index in [1.807, 2.05) is 0 Å². The molecule has 9 heteroatoms. The number of nitrogens with one attached hydrogen (secondary N) is 1. The Hall–Kier alpha value is -2.55. The van der Waals surface area contributed by atoms with Crippen LogP contribution in [0.4, 0.5) is 0 Å². The van der Waals surface area contributed by atoms with E-state index in [9.17, 15) is 14.4 Å². The molecule has 0 spiro atoms. The first-order chi connectivity index (χ1) is 9.47. The molecule has 0 aliphatic rings. The summed E-state index contributed by atoms with van der Waals surface area (Å²) in [6, 6.07) is 2.57. The average molecular weight is 294 g/mol. The van der Waals surface area contributed by atoms with Crippen LogP contribution in [0.15, 0.2) is 22.3 Å². The second-order valence-corrected chi connectivity index (χ2v) is 4.74. The molecule has 0 aliphatic heterocycles. The van der Waals surface area contributed by atoms with Crippen LogP contribution in [0.2, 0.25) is 0 Å². The average Bonchev–Trinajstić information content (AvgIpc) is 2.88. The third-order valence-electron chi connectivity index (χ3n) is 2.36. The van der Waals surface area contributed by atoms with E-state index < -0.39 is 11.9 Å². The van der Waals surface area contributed by atoms with Crippen molar-refractivity contribution >= 4 is 23.2 Å². The number of carbonyl (C=O) groups is 2. The number of rotatable bonds is 4. The summed E-state index contributed by atoms with van der Waals surface area (Å²) in [6.07, 6.45) is 0. The number of hydrogen-bond donors (Lipinski definition) is 2. The second-order valence-electron chi connectivity index (χ2n) is 3.79. The number of thiazole rings is 1. The number of aromatic nitrogens is 3. The Morgan fingerprint density at radius 3 is 2.75 bits per heavy atom. The van der Waals surface area contributed by atoms with Gasteiger partial charge in [0.2, 0.25) is 0 Å². The standard InChI is InChI=1S/C11H10N4O4S/c1-15-9(16)3-2-6(14-15)10(17)12-4-8-13-7(5-20-8)11(18)19/h2-3,5H,4H2,1H3,(H,12,17)(H,18,19). The molecule has 0 aromatic carbocycles. The van der Waals surface area contributed by atoms with Gasteiger partial charge in [0.05, 0.1) is 6.54 Å². The van der Waals surface area contributed by atoms with Crippen LogP contribution in [0.3, 0.4) is 0 Å². The molecule has 0 radical (unpaired) electrons. The van der Waals surface area contributed by atoms with E-state index in [0.717, 1.165) is 16.0 Å². The molecular formula is C11H10N4O4S. The summed E-state index contributed by atoms with van der Waals surface area (Å²) in [6.45, 7) is 0.0985. The van der Waals surface area contributed by atoms with E-state index in [1.54, 1.807) is 0 Å². The third kappa shape index (κ3) is 3.06. The smallest absolute Gasteiger partial charge is 0.355 e. The van der Waals surface area contributed by atoms with Crippen LogP contribution in [0.5, 0.6) is 0 Å². The maximum atomic E-state index is 11.8. The first kappa shape index (κ1) is 13.9. The normalized spacial score (nSPS) is 10.2. The molecule has 1 amide bonds. The SMILES string of the molecule is Cn1nc(C(=O)NCc2nc(C(=O)O)cs2)ccc1=O. The Kier molecular flexibility index (Phi) is 3.89. The monoisotopic (exact) mass is 294 g/mol. The largest absolute Gasteiger partial charge is 0.476 e. The first-order valence-corrected chi connectivity index (χ1v) is 6.35. The van der Waals surface area contributed by atoms with Gasteiger partial charge in [-0.25, -0.2) is 14.5 Å². The number of aryl methyl sites for hydroxylation is 1. The highest BCUT2D eigenvalue weighted by Gasteiger charge is 2.11. The lowest BCUT2D eigenvalue weighted by molar-refractivity contribution is 0.0691. The van der Waals surface area contributed by atoms with E-state index in [-0.39, 0.29) is 23.5 Å². The fourth-order valence-electron chi connectivity index (χ4n) is 1.36. The number of carboxylic acids is 1. The van der Waals surface area contributed by atoms with Gasteiger partial charge in [0.15, 0.2) is 5.69 Å². The van der Waals surface area contributed by atoms with Crippen molar-refractivity contribution < 1.29 is 14.7 Å². The van der Waals surface area contributed by atoms with Gasteiger partial charge in [-0.3, -0.25) is 9.59 Å². The minimum absolute atomic E-state index is 0.0560. The zero-order valence-corrected chi connectivity index (χ0v) is 11.2. The van der Waals surface area contributed by atoms with Crippen LogP contribution >= 0.6 is 11.3 Å². The van der Waals surface area contributed by atoms with E-state index >= 15 is 0 Å². The van der Waals surface area contributed by atoms with Gasteiger partial charge in [0.1, 0.15) is 10.7 Å². The van der Waals surface area contributed by atoms with Crippen molar-refractivity contribution in [3.8, 4) is 0 Å². The summed E-state index contributed by atoms with van der Waals surface area (Å²) in [5.41, 5.74) is -0.269. The van der Waals surface area contributed by atoms with Crippen molar-refractivity contribution in [2.45, 2.75) is 6.54 Å². The molecule has 2 rings (SSSR count). The Bertz CT molecular complexity index is 721. The number of aromatic carboxylic acids is 1. The van der Waals surface area contributed by atoms with Gasteiger partial charge in [-0.2, -0.15) is 5.10 Å². The van der Waals surface area contributed by atoms with Crippen LogP contribution in [-0.2, 0) is 13.6 Å². The topological polar surface area (TPSA) is 114 Å². The van der Waals surface area contributed by atoms with Crippen molar-refractivity contribution in [3.05, 3.63) is 44.3 Å². The Morgan fingerprint density at radius 2 is 2.15 bits per heavy atom. The molecule has 2 N–H and O–H groups in total. The van der Waals surface area contributed by atoms with Crippen molar-refractivity contribution in [1.29, 1.82) is 0 Å². The maximum Gasteiger partial charge on any atom is 0.355 e. The molecule has 0 unspecified atom stereocenters. The van der Waals surface area contributed by atoms with Crippen LogP contribution in [-0.4, -0.2) is 31.7 Å². The Balaban J connectivity index is 2.02. The lowest BCUT2D eigenvalue weighted by Gasteiger charge is -2.03. The third-order valence-corrected chi connectivity index (χ3v) is 3.21. The summed E-state index contributed by atoms with van der Waals surface area (Å²) in [7, 11) is 1.44. The molecule has 0 atom stereocenters. The molecule has 0 saturated carbocycles. The fourth-order valence-corrected chi connectivity index (χ4v) is 2.07. The van der Waals surface area contributed by atoms with Crippen molar-refractivity contribution in [3.63, 3.8) is 0 Å². The molecule has 0 aliphatic carbocycles. The van der Waals surface area contributed by atoms with E-state index in [4.69, 9.17) is 5.11 Å². The summed E-state index contributed by atoms with van der Waals surface area (Å²) < 4.78 is 1.06. The van der Waals surface area contributed by atoms with Gasteiger partial charge in [-0.15, -0.1) is 11.3 Å². The maximum absolute atomic E-state index is 11.8. The summed E-state index contributed by atoms with van der Waals surface area (Å²) in [5, 5.41) is 16.9. The number of amides is 1. The molecule has 0 saturated heterocycles. The highest BCUT2D eigenvalue weighted by atomic mass is 32.1. The molecule has 2 aromatic heterocycles. The van der Waals surface area contributed by atoms with Crippen LogP contribution in [0.25, 0.3) is 0 Å². The van der Waals surface area contributed by atoms with Crippen molar-refractivity contribution in [1.82, 2.24) is 20.1 Å². The quantitative estimate of drug-likeness (QED) is 0.811. The summed E-state index contributed by atoms with van der Waals surface area (Å²) >= 11 is 1.14. The lowest BCUT2D eigenvalue weighted by Crippen LogP contribution is -2.28. The number of carboxylic acid groups (broad SMARTS) is 1.